The van der Waals surface area contributed by atoms with Crippen molar-refractivity contribution in [3.63, 3.8) is 0 Å². The van der Waals surface area contributed by atoms with Crippen molar-refractivity contribution in [2.75, 3.05) is 5.73 Å². The van der Waals surface area contributed by atoms with Gasteiger partial charge < -0.3 is 10.3 Å². The van der Waals surface area contributed by atoms with Gasteiger partial charge in [0.25, 0.3) is 0 Å². The first-order valence-electron chi connectivity index (χ1n) is 6.02. The van der Waals surface area contributed by atoms with Gasteiger partial charge in [-0.05, 0) is 25.3 Å². The highest BCUT2D eigenvalue weighted by atomic mass is 35.5. The summed E-state index contributed by atoms with van der Waals surface area (Å²) >= 11 is 5.82. The minimum atomic E-state index is -0.467. The number of benzene rings is 1. The fraction of sp³-hybridized carbons (Fsp3) is 0.462. The van der Waals surface area contributed by atoms with E-state index >= 15 is 0 Å². The monoisotopic (exact) mass is 269 g/mol. The number of nitrogens with two attached hydrogens (primary N) is 1. The minimum Gasteiger partial charge on any atom is -0.369 e. The number of nitrogens with zero attached hydrogens (tertiary/aromatic N) is 2. The summed E-state index contributed by atoms with van der Waals surface area (Å²) in [6.45, 7) is 6.38. The van der Waals surface area contributed by atoms with Crippen molar-refractivity contribution >= 4 is 28.6 Å². The van der Waals surface area contributed by atoms with Crippen LogP contribution in [0.1, 0.15) is 33.2 Å². The van der Waals surface area contributed by atoms with E-state index in [0.29, 0.717) is 17.4 Å². The van der Waals surface area contributed by atoms with Crippen molar-refractivity contribution in [2.24, 2.45) is 5.92 Å². The van der Waals surface area contributed by atoms with E-state index in [1.54, 1.807) is 6.07 Å². The standard InChI is InChI=1S/C13H17ClFN3/c1-7(2)4-8(3)18-12-5-9(14)10(15)6-11(12)17-13(18)16/h5-8H,4H2,1-3H3,(H2,16,17). The molecule has 1 atom stereocenters. The van der Waals surface area contributed by atoms with E-state index in [1.807, 2.05) is 4.57 Å². The van der Waals surface area contributed by atoms with E-state index in [2.05, 4.69) is 25.8 Å². The second kappa shape index (κ2) is 4.76. The summed E-state index contributed by atoms with van der Waals surface area (Å²) in [5.41, 5.74) is 7.25. The Balaban J connectivity index is 2.56. The lowest BCUT2D eigenvalue weighted by molar-refractivity contribution is 0.439. The zero-order valence-corrected chi connectivity index (χ0v) is 11.5. The molecule has 3 nitrogen and oxygen atoms in total. The first-order valence-corrected chi connectivity index (χ1v) is 6.40. The maximum absolute atomic E-state index is 13.4. The van der Waals surface area contributed by atoms with Gasteiger partial charge in [0, 0.05) is 12.1 Å². The van der Waals surface area contributed by atoms with Crippen LogP contribution in [-0.2, 0) is 0 Å². The van der Waals surface area contributed by atoms with Crippen LogP contribution in [0.2, 0.25) is 5.02 Å². The van der Waals surface area contributed by atoms with Crippen molar-refractivity contribution in [3.8, 4) is 0 Å². The largest absolute Gasteiger partial charge is 0.369 e. The Morgan fingerprint density at radius 2 is 2.06 bits per heavy atom. The zero-order chi connectivity index (χ0) is 13.4. The first-order chi connectivity index (χ1) is 8.40. The van der Waals surface area contributed by atoms with Crippen molar-refractivity contribution in [2.45, 2.75) is 33.2 Å². The molecule has 0 amide bonds. The van der Waals surface area contributed by atoms with Crippen LogP contribution in [-0.4, -0.2) is 9.55 Å². The highest BCUT2D eigenvalue weighted by molar-refractivity contribution is 6.31. The molecule has 0 aliphatic rings. The van der Waals surface area contributed by atoms with Gasteiger partial charge in [-0.3, -0.25) is 0 Å². The third-order valence-corrected chi connectivity index (χ3v) is 3.30. The fourth-order valence-electron chi connectivity index (χ4n) is 2.36. The van der Waals surface area contributed by atoms with Crippen LogP contribution in [0.3, 0.4) is 0 Å². The predicted molar refractivity (Wildman–Crippen MR) is 73.3 cm³/mol. The molecule has 0 radical (unpaired) electrons. The summed E-state index contributed by atoms with van der Waals surface area (Å²) in [4.78, 5) is 4.19. The molecular formula is C13H17ClFN3. The first kappa shape index (κ1) is 13.1. The molecule has 1 aromatic carbocycles. The van der Waals surface area contributed by atoms with E-state index in [1.165, 1.54) is 6.07 Å². The van der Waals surface area contributed by atoms with Crippen LogP contribution in [0.15, 0.2) is 12.1 Å². The van der Waals surface area contributed by atoms with E-state index in [9.17, 15) is 4.39 Å². The highest BCUT2D eigenvalue weighted by Crippen LogP contribution is 2.29. The number of nitrogen functional groups attached to an aromatic ring is 1. The summed E-state index contributed by atoms with van der Waals surface area (Å²) in [6, 6.07) is 3.12. The van der Waals surface area contributed by atoms with Gasteiger partial charge in [-0.2, -0.15) is 0 Å². The lowest BCUT2D eigenvalue weighted by atomic mass is 10.1. The Morgan fingerprint density at radius 1 is 1.39 bits per heavy atom. The summed E-state index contributed by atoms with van der Waals surface area (Å²) in [5.74, 6) is 0.484. The lowest BCUT2D eigenvalue weighted by Gasteiger charge is -2.18. The highest BCUT2D eigenvalue weighted by Gasteiger charge is 2.16. The van der Waals surface area contributed by atoms with Crippen LogP contribution in [0.25, 0.3) is 11.0 Å². The van der Waals surface area contributed by atoms with Crippen molar-refractivity contribution in [3.05, 3.63) is 23.0 Å². The number of aromatic nitrogens is 2. The Labute approximate surface area is 111 Å². The zero-order valence-electron chi connectivity index (χ0n) is 10.7. The molecule has 0 saturated heterocycles. The second-order valence-corrected chi connectivity index (χ2v) is 5.48. The Kier molecular flexibility index (Phi) is 3.48. The normalized spacial score (nSPS) is 13.4. The number of hydrogen-bond donors (Lipinski definition) is 1. The molecule has 0 aliphatic carbocycles. The van der Waals surface area contributed by atoms with Gasteiger partial charge in [-0.15, -0.1) is 0 Å². The molecule has 0 aliphatic heterocycles. The number of hydrogen-bond acceptors (Lipinski definition) is 2. The van der Waals surface area contributed by atoms with Crippen LogP contribution < -0.4 is 5.73 Å². The van der Waals surface area contributed by atoms with Gasteiger partial charge >= 0.3 is 0 Å². The molecule has 2 aromatic rings. The number of anilines is 1. The molecule has 5 heteroatoms. The van der Waals surface area contributed by atoms with Crippen molar-refractivity contribution < 1.29 is 4.39 Å². The van der Waals surface area contributed by atoms with E-state index in [4.69, 9.17) is 17.3 Å². The molecule has 1 unspecified atom stereocenters. The summed E-state index contributed by atoms with van der Waals surface area (Å²) in [7, 11) is 0. The van der Waals surface area contributed by atoms with Crippen molar-refractivity contribution in [1.29, 1.82) is 0 Å². The third-order valence-electron chi connectivity index (χ3n) is 3.01. The van der Waals surface area contributed by atoms with E-state index in [-0.39, 0.29) is 11.1 Å². The van der Waals surface area contributed by atoms with Gasteiger partial charge in [0.2, 0.25) is 5.95 Å². The number of rotatable bonds is 3. The average molecular weight is 270 g/mol. The Morgan fingerprint density at radius 3 is 2.67 bits per heavy atom. The number of halogens is 2. The molecule has 0 spiro atoms. The molecule has 18 heavy (non-hydrogen) atoms. The van der Waals surface area contributed by atoms with Gasteiger partial charge in [0.05, 0.1) is 16.1 Å². The van der Waals surface area contributed by atoms with Crippen LogP contribution in [0.5, 0.6) is 0 Å². The molecule has 1 aromatic heterocycles. The molecule has 98 valence electrons. The predicted octanol–water partition coefficient (Wildman–Crippen LogP) is 4.02. The SMILES string of the molecule is CC(C)CC(C)n1c(N)nc2cc(F)c(Cl)cc21. The van der Waals surface area contributed by atoms with Gasteiger partial charge in [-0.1, -0.05) is 25.4 Å². The summed E-state index contributed by atoms with van der Waals surface area (Å²) in [6.07, 6.45) is 0.977. The molecular weight excluding hydrogens is 253 g/mol. The minimum absolute atomic E-state index is 0.0976. The second-order valence-electron chi connectivity index (χ2n) is 5.07. The van der Waals surface area contributed by atoms with Crippen LogP contribution in [0, 0.1) is 11.7 Å². The molecule has 2 rings (SSSR count). The van der Waals surface area contributed by atoms with Crippen molar-refractivity contribution in [1.82, 2.24) is 9.55 Å². The summed E-state index contributed by atoms with van der Waals surface area (Å²) in [5, 5.41) is 0.0976. The smallest absolute Gasteiger partial charge is 0.201 e. The maximum atomic E-state index is 13.4. The topological polar surface area (TPSA) is 43.8 Å². The lowest BCUT2D eigenvalue weighted by Crippen LogP contribution is -2.11. The Hall–Kier alpha value is -1.29. The Bertz CT molecular complexity index is 577. The van der Waals surface area contributed by atoms with Gasteiger partial charge in [-0.25, -0.2) is 9.37 Å². The maximum Gasteiger partial charge on any atom is 0.201 e. The molecule has 2 N–H and O–H groups in total. The van der Waals surface area contributed by atoms with E-state index < -0.39 is 5.82 Å². The quantitative estimate of drug-likeness (QED) is 0.915. The molecule has 0 saturated carbocycles. The number of fused-ring (bicyclic) bond motifs is 1. The van der Waals surface area contributed by atoms with Gasteiger partial charge in [0.15, 0.2) is 0 Å². The van der Waals surface area contributed by atoms with Crippen LogP contribution >= 0.6 is 11.6 Å². The fourth-order valence-corrected chi connectivity index (χ4v) is 2.52. The third kappa shape index (κ3) is 2.29. The molecule has 0 bridgehead atoms. The van der Waals surface area contributed by atoms with E-state index in [0.717, 1.165) is 11.9 Å². The van der Waals surface area contributed by atoms with Crippen LogP contribution in [0.4, 0.5) is 10.3 Å². The van der Waals surface area contributed by atoms with Gasteiger partial charge in [0.1, 0.15) is 5.82 Å². The molecule has 1 heterocycles. The molecule has 0 fully saturated rings. The average Bonchev–Trinajstić information content (AvgIpc) is 2.53. The number of imidazole rings is 1. The summed E-state index contributed by atoms with van der Waals surface area (Å²) < 4.78 is 15.3.